The number of hydrogen-bond acceptors (Lipinski definition) is 5. The van der Waals surface area contributed by atoms with E-state index < -0.39 is 10.0 Å². The van der Waals surface area contributed by atoms with E-state index in [0.717, 1.165) is 27.3 Å². The number of nitrogens with zero attached hydrogens (tertiary/aromatic N) is 1. The van der Waals surface area contributed by atoms with Gasteiger partial charge in [0.2, 0.25) is 0 Å². The lowest BCUT2D eigenvalue weighted by Gasteiger charge is -2.25. The van der Waals surface area contributed by atoms with Gasteiger partial charge in [-0.3, -0.25) is 4.79 Å². The van der Waals surface area contributed by atoms with Crippen LogP contribution in [0.4, 0.5) is 5.69 Å². The van der Waals surface area contributed by atoms with Crippen LogP contribution in [0.2, 0.25) is 0 Å². The fourth-order valence-electron chi connectivity index (χ4n) is 3.49. The van der Waals surface area contributed by atoms with E-state index in [-0.39, 0.29) is 5.91 Å². The topological polar surface area (TPSA) is 75.7 Å². The molecule has 3 aromatic rings. The highest BCUT2D eigenvalue weighted by Crippen LogP contribution is 2.33. The zero-order valence-corrected chi connectivity index (χ0v) is 19.1. The molecule has 2 aromatic carbocycles. The Labute approximate surface area is 186 Å². The summed E-state index contributed by atoms with van der Waals surface area (Å²) in [6.45, 7) is 5.52. The third kappa shape index (κ3) is 4.72. The second-order valence-corrected chi connectivity index (χ2v) is 10.7. The van der Waals surface area contributed by atoms with Crippen molar-refractivity contribution in [3.05, 3.63) is 71.3 Å². The molecule has 0 unspecified atom stereocenters. The average molecular weight is 457 g/mol. The molecule has 1 amide bonds. The van der Waals surface area contributed by atoms with Crippen LogP contribution in [-0.2, 0) is 14.8 Å². The maximum atomic E-state index is 12.9. The SMILES string of the molecule is Cc1ccc(NC(=O)c2cccc(-c3ccc(S(=O)(=O)N4CCOCC4)s3)c2)c(C)c1. The molecule has 1 aliphatic rings. The zero-order valence-electron chi connectivity index (χ0n) is 17.4. The van der Waals surface area contributed by atoms with Crippen LogP contribution in [0, 0.1) is 13.8 Å². The lowest BCUT2D eigenvalue weighted by atomic mass is 10.1. The van der Waals surface area contributed by atoms with E-state index in [1.165, 1.54) is 15.6 Å². The first-order chi connectivity index (χ1) is 14.8. The van der Waals surface area contributed by atoms with E-state index in [9.17, 15) is 13.2 Å². The molecule has 31 heavy (non-hydrogen) atoms. The molecular formula is C23H24N2O4S2. The van der Waals surface area contributed by atoms with E-state index in [1.807, 2.05) is 44.2 Å². The number of carbonyl (C=O) groups is 1. The van der Waals surface area contributed by atoms with E-state index in [1.54, 1.807) is 24.3 Å². The van der Waals surface area contributed by atoms with Gasteiger partial charge in [-0.1, -0.05) is 29.8 Å². The number of sulfonamides is 1. The summed E-state index contributed by atoms with van der Waals surface area (Å²) in [6, 6.07) is 16.5. The third-order valence-electron chi connectivity index (χ3n) is 5.18. The van der Waals surface area contributed by atoms with Crippen molar-refractivity contribution in [3.8, 4) is 10.4 Å². The van der Waals surface area contributed by atoms with E-state index in [2.05, 4.69) is 5.32 Å². The van der Waals surface area contributed by atoms with Crippen molar-refractivity contribution >= 4 is 33.0 Å². The summed E-state index contributed by atoms with van der Waals surface area (Å²) in [7, 11) is -3.53. The van der Waals surface area contributed by atoms with Crippen molar-refractivity contribution in [2.45, 2.75) is 18.1 Å². The molecule has 1 aromatic heterocycles. The second kappa shape index (κ2) is 8.92. The van der Waals surface area contributed by atoms with Gasteiger partial charge in [-0.15, -0.1) is 11.3 Å². The van der Waals surface area contributed by atoms with Crippen LogP contribution in [-0.4, -0.2) is 44.9 Å². The van der Waals surface area contributed by atoms with Gasteiger partial charge in [0, 0.05) is 29.2 Å². The van der Waals surface area contributed by atoms with E-state index in [0.29, 0.717) is 36.1 Å². The summed E-state index contributed by atoms with van der Waals surface area (Å²) in [4.78, 5) is 13.6. The van der Waals surface area contributed by atoms with Crippen LogP contribution >= 0.6 is 11.3 Å². The first-order valence-electron chi connectivity index (χ1n) is 10.0. The third-order valence-corrected chi connectivity index (χ3v) is 8.69. The Balaban J connectivity index is 1.55. The van der Waals surface area contributed by atoms with Crippen molar-refractivity contribution < 1.29 is 17.9 Å². The van der Waals surface area contributed by atoms with Crippen molar-refractivity contribution in [3.63, 3.8) is 0 Å². The normalized spacial score (nSPS) is 15.0. The summed E-state index contributed by atoms with van der Waals surface area (Å²) in [5.41, 5.74) is 4.24. The minimum Gasteiger partial charge on any atom is -0.379 e. The molecule has 8 heteroatoms. The molecule has 1 saturated heterocycles. The first kappa shape index (κ1) is 21.7. The summed E-state index contributed by atoms with van der Waals surface area (Å²) < 4.78 is 32.8. The molecule has 0 bridgehead atoms. The molecule has 0 atom stereocenters. The number of anilines is 1. The fourth-order valence-corrected chi connectivity index (χ4v) is 6.35. The molecule has 0 spiro atoms. The minimum absolute atomic E-state index is 0.202. The van der Waals surface area contributed by atoms with Gasteiger partial charge in [0.1, 0.15) is 4.21 Å². The number of hydrogen-bond donors (Lipinski definition) is 1. The molecule has 6 nitrogen and oxygen atoms in total. The summed E-state index contributed by atoms with van der Waals surface area (Å²) in [5.74, 6) is -0.202. The molecule has 162 valence electrons. The average Bonchev–Trinajstić information content (AvgIpc) is 3.28. The van der Waals surface area contributed by atoms with E-state index >= 15 is 0 Å². The van der Waals surface area contributed by atoms with E-state index in [4.69, 9.17) is 4.74 Å². The Morgan fingerprint density at radius 2 is 1.81 bits per heavy atom. The molecule has 0 aliphatic carbocycles. The van der Waals surface area contributed by atoms with Crippen molar-refractivity contribution in [2.75, 3.05) is 31.6 Å². The quantitative estimate of drug-likeness (QED) is 0.621. The van der Waals surface area contributed by atoms with Gasteiger partial charge in [-0.25, -0.2) is 8.42 Å². The summed E-state index contributed by atoms with van der Waals surface area (Å²) >= 11 is 1.21. The predicted molar refractivity (Wildman–Crippen MR) is 123 cm³/mol. The van der Waals surface area contributed by atoms with Gasteiger partial charge in [-0.2, -0.15) is 4.31 Å². The Bertz CT molecular complexity index is 1210. The number of benzene rings is 2. The molecule has 4 rings (SSSR count). The highest BCUT2D eigenvalue weighted by atomic mass is 32.2. The van der Waals surface area contributed by atoms with Crippen molar-refractivity contribution in [1.29, 1.82) is 0 Å². The maximum Gasteiger partial charge on any atom is 0.255 e. The fraction of sp³-hybridized carbons (Fsp3) is 0.261. The molecular weight excluding hydrogens is 432 g/mol. The molecule has 1 fully saturated rings. The largest absolute Gasteiger partial charge is 0.379 e. The summed E-state index contributed by atoms with van der Waals surface area (Å²) in [5, 5.41) is 2.95. The van der Waals surface area contributed by atoms with Crippen LogP contribution in [0.1, 0.15) is 21.5 Å². The van der Waals surface area contributed by atoms with Crippen molar-refractivity contribution in [2.24, 2.45) is 0 Å². The van der Waals surface area contributed by atoms with Gasteiger partial charge in [0.15, 0.2) is 0 Å². The molecule has 0 radical (unpaired) electrons. The molecule has 1 N–H and O–H groups in total. The van der Waals surface area contributed by atoms with Gasteiger partial charge in [0.25, 0.3) is 15.9 Å². The Kier molecular flexibility index (Phi) is 6.24. The number of nitrogens with one attached hydrogen (secondary N) is 1. The highest BCUT2D eigenvalue weighted by molar-refractivity contribution is 7.91. The number of ether oxygens (including phenoxy) is 1. The van der Waals surface area contributed by atoms with Crippen LogP contribution in [0.25, 0.3) is 10.4 Å². The number of carbonyl (C=O) groups excluding carboxylic acids is 1. The van der Waals surface area contributed by atoms with Crippen molar-refractivity contribution in [1.82, 2.24) is 4.31 Å². The van der Waals surface area contributed by atoms with Crippen LogP contribution in [0.5, 0.6) is 0 Å². The monoisotopic (exact) mass is 456 g/mol. The Hall–Kier alpha value is -2.52. The van der Waals surface area contributed by atoms with Gasteiger partial charge < -0.3 is 10.1 Å². The molecule has 1 aliphatic heterocycles. The number of thiophene rings is 1. The zero-order chi connectivity index (χ0) is 22.0. The van der Waals surface area contributed by atoms with Crippen LogP contribution < -0.4 is 5.32 Å². The van der Waals surface area contributed by atoms with Gasteiger partial charge in [-0.05, 0) is 55.3 Å². The Morgan fingerprint density at radius 1 is 1.03 bits per heavy atom. The minimum atomic E-state index is -3.53. The first-order valence-corrected chi connectivity index (χ1v) is 12.3. The number of morpholine rings is 1. The molecule has 2 heterocycles. The number of aryl methyl sites for hydroxylation is 2. The number of rotatable bonds is 5. The lowest BCUT2D eigenvalue weighted by molar-refractivity contribution is 0.0731. The smallest absolute Gasteiger partial charge is 0.255 e. The van der Waals surface area contributed by atoms with Gasteiger partial charge in [0.05, 0.1) is 13.2 Å². The second-order valence-electron chi connectivity index (χ2n) is 7.49. The van der Waals surface area contributed by atoms with Crippen LogP contribution in [0.15, 0.2) is 58.8 Å². The highest BCUT2D eigenvalue weighted by Gasteiger charge is 2.28. The standard InChI is InChI=1S/C23H24N2O4S2/c1-16-6-7-20(17(2)14-16)24-23(26)19-5-3-4-18(15-19)21-8-9-22(30-21)31(27,28)25-10-12-29-13-11-25/h3-9,14-15H,10-13H2,1-2H3,(H,24,26). The lowest BCUT2D eigenvalue weighted by Crippen LogP contribution is -2.40. The predicted octanol–water partition coefficient (Wildman–Crippen LogP) is 4.31. The number of amides is 1. The molecule has 0 saturated carbocycles. The Morgan fingerprint density at radius 3 is 2.55 bits per heavy atom. The summed E-state index contributed by atoms with van der Waals surface area (Å²) in [6.07, 6.45) is 0. The van der Waals surface area contributed by atoms with Gasteiger partial charge >= 0.3 is 0 Å². The van der Waals surface area contributed by atoms with Crippen LogP contribution in [0.3, 0.4) is 0 Å². The maximum absolute atomic E-state index is 12.9.